The standard InChI is InChI=1S/C16H19N3O3/c1-21-14-5-3-4-12(10-14)8-9-17-15-7-6-13(11-18-15)19-16(20)22-2/h3-7,10-11H,8-9H2,1-2H3,(H,17,18)(H,19,20). The Morgan fingerprint density at radius 1 is 1.23 bits per heavy atom. The molecule has 1 aromatic heterocycles. The van der Waals surface area contributed by atoms with Gasteiger partial charge in [-0.25, -0.2) is 9.78 Å². The lowest BCUT2D eigenvalue weighted by atomic mass is 10.1. The van der Waals surface area contributed by atoms with Gasteiger partial charge in [-0.1, -0.05) is 12.1 Å². The number of ether oxygens (including phenoxy) is 2. The predicted octanol–water partition coefficient (Wildman–Crippen LogP) is 2.92. The van der Waals surface area contributed by atoms with Crippen molar-refractivity contribution >= 4 is 17.6 Å². The van der Waals surface area contributed by atoms with Crippen LogP contribution in [0.1, 0.15) is 5.56 Å². The molecule has 2 N–H and O–H groups in total. The van der Waals surface area contributed by atoms with Crippen molar-refractivity contribution in [1.82, 2.24) is 4.98 Å². The monoisotopic (exact) mass is 301 g/mol. The lowest BCUT2D eigenvalue weighted by Gasteiger charge is -2.08. The summed E-state index contributed by atoms with van der Waals surface area (Å²) in [6.07, 6.45) is 1.92. The predicted molar refractivity (Wildman–Crippen MR) is 85.5 cm³/mol. The van der Waals surface area contributed by atoms with Crippen molar-refractivity contribution in [3.05, 3.63) is 48.2 Å². The summed E-state index contributed by atoms with van der Waals surface area (Å²) >= 11 is 0. The van der Waals surface area contributed by atoms with Crippen LogP contribution in [0.3, 0.4) is 0 Å². The second-order valence-electron chi connectivity index (χ2n) is 4.58. The van der Waals surface area contributed by atoms with Gasteiger partial charge in [-0.05, 0) is 36.2 Å². The highest BCUT2D eigenvalue weighted by Crippen LogP contribution is 2.14. The molecule has 1 heterocycles. The van der Waals surface area contributed by atoms with Crippen molar-refractivity contribution < 1.29 is 14.3 Å². The van der Waals surface area contributed by atoms with Gasteiger partial charge < -0.3 is 14.8 Å². The zero-order valence-corrected chi connectivity index (χ0v) is 12.6. The van der Waals surface area contributed by atoms with Crippen LogP contribution in [0.2, 0.25) is 0 Å². The fraction of sp³-hybridized carbons (Fsp3) is 0.250. The number of methoxy groups -OCH3 is 2. The van der Waals surface area contributed by atoms with Crippen LogP contribution in [-0.2, 0) is 11.2 Å². The molecular formula is C16H19N3O3. The van der Waals surface area contributed by atoms with E-state index in [1.54, 1.807) is 25.4 Å². The molecule has 0 atom stereocenters. The molecule has 6 heteroatoms. The van der Waals surface area contributed by atoms with E-state index in [2.05, 4.69) is 26.4 Å². The Morgan fingerprint density at radius 2 is 2.09 bits per heavy atom. The fourth-order valence-electron chi connectivity index (χ4n) is 1.90. The van der Waals surface area contributed by atoms with E-state index in [1.165, 1.54) is 12.7 Å². The van der Waals surface area contributed by atoms with E-state index < -0.39 is 6.09 Å². The number of carbonyl (C=O) groups excluding carboxylic acids is 1. The number of anilines is 2. The zero-order valence-electron chi connectivity index (χ0n) is 12.6. The number of rotatable bonds is 6. The molecule has 1 aromatic carbocycles. The number of benzene rings is 1. The Bertz CT molecular complexity index is 614. The number of hydrogen-bond acceptors (Lipinski definition) is 5. The van der Waals surface area contributed by atoms with E-state index in [0.29, 0.717) is 5.69 Å². The number of nitrogens with one attached hydrogen (secondary N) is 2. The summed E-state index contributed by atoms with van der Waals surface area (Å²) in [4.78, 5) is 15.3. The molecule has 2 aromatic rings. The summed E-state index contributed by atoms with van der Waals surface area (Å²) in [6, 6.07) is 11.5. The SMILES string of the molecule is COC(=O)Nc1ccc(NCCc2cccc(OC)c2)nc1. The molecule has 0 aliphatic carbocycles. The van der Waals surface area contributed by atoms with Crippen LogP contribution >= 0.6 is 0 Å². The molecule has 116 valence electrons. The van der Waals surface area contributed by atoms with Crippen molar-refractivity contribution in [3.63, 3.8) is 0 Å². The first kappa shape index (κ1) is 15.6. The molecule has 0 unspecified atom stereocenters. The van der Waals surface area contributed by atoms with Crippen LogP contribution in [0.5, 0.6) is 5.75 Å². The van der Waals surface area contributed by atoms with Gasteiger partial charge in [-0.15, -0.1) is 0 Å². The maximum Gasteiger partial charge on any atom is 0.411 e. The number of nitrogens with zero attached hydrogens (tertiary/aromatic N) is 1. The first-order valence-electron chi connectivity index (χ1n) is 6.89. The lowest BCUT2D eigenvalue weighted by molar-refractivity contribution is 0.187. The number of amides is 1. The topological polar surface area (TPSA) is 72.5 Å². The largest absolute Gasteiger partial charge is 0.497 e. The average Bonchev–Trinajstić information content (AvgIpc) is 2.56. The third-order valence-electron chi connectivity index (χ3n) is 3.05. The van der Waals surface area contributed by atoms with Crippen LogP contribution in [0.25, 0.3) is 0 Å². The molecule has 1 amide bonds. The van der Waals surface area contributed by atoms with Crippen LogP contribution in [0.4, 0.5) is 16.3 Å². The van der Waals surface area contributed by atoms with Gasteiger partial charge in [0.1, 0.15) is 11.6 Å². The number of pyridine rings is 1. The van der Waals surface area contributed by atoms with E-state index in [0.717, 1.165) is 24.5 Å². The minimum Gasteiger partial charge on any atom is -0.497 e. The summed E-state index contributed by atoms with van der Waals surface area (Å²) in [6.45, 7) is 0.754. The minimum atomic E-state index is -0.513. The summed E-state index contributed by atoms with van der Waals surface area (Å²) in [7, 11) is 2.97. The average molecular weight is 301 g/mol. The van der Waals surface area contributed by atoms with Crippen molar-refractivity contribution in [2.45, 2.75) is 6.42 Å². The maximum absolute atomic E-state index is 11.1. The van der Waals surface area contributed by atoms with Crippen molar-refractivity contribution in [2.24, 2.45) is 0 Å². The van der Waals surface area contributed by atoms with Crippen molar-refractivity contribution in [1.29, 1.82) is 0 Å². The second-order valence-corrected chi connectivity index (χ2v) is 4.58. The third-order valence-corrected chi connectivity index (χ3v) is 3.05. The fourth-order valence-corrected chi connectivity index (χ4v) is 1.90. The number of hydrogen-bond donors (Lipinski definition) is 2. The molecule has 0 saturated heterocycles. The highest BCUT2D eigenvalue weighted by Gasteiger charge is 2.01. The molecule has 0 saturated carbocycles. The molecule has 0 fully saturated rings. The van der Waals surface area contributed by atoms with Gasteiger partial charge in [0.05, 0.1) is 26.1 Å². The lowest BCUT2D eigenvalue weighted by Crippen LogP contribution is -2.11. The number of carbonyl (C=O) groups is 1. The van der Waals surface area contributed by atoms with Gasteiger partial charge >= 0.3 is 6.09 Å². The number of aromatic nitrogens is 1. The van der Waals surface area contributed by atoms with Crippen LogP contribution in [-0.4, -0.2) is 31.8 Å². The van der Waals surface area contributed by atoms with Crippen LogP contribution in [0.15, 0.2) is 42.6 Å². The zero-order chi connectivity index (χ0) is 15.8. The molecule has 0 aliphatic heterocycles. The minimum absolute atomic E-state index is 0.513. The van der Waals surface area contributed by atoms with E-state index in [4.69, 9.17) is 4.74 Å². The van der Waals surface area contributed by atoms with Crippen LogP contribution < -0.4 is 15.4 Å². The quantitative estimate of drug-likeness (QED) is 0.858. The molecule has 6 nitrogen and oxygen atoms in total. The summed E-state index contributed by atoms with van der Waals surface area (Å²) in [5.41, 5.74) is 1.78. The Kier molecular flexibility index (Phi) is 5.59. The van der Waals surface area contributed by atoms with E-state index in [9.17, 15) is 4.79 Å². The molecule has 0 bridgehead atoms. The highest BCUT2D eigenvalue weighted by atomic mass is 16.5. The molecule has 2 rings (SSSR count). The first-order chi connectivity index (χ1) is 10.7. The van der Waals surface area contributed by atoms with Gasteiger partial charge in [-0.2, -0.15) is 0 Å². The molecule has 22 heavy (non-hydrogen) atoms. The van der Waals surface area contributed by atoms with Gasteiger partial charge in [-0.3, -0.25) is 5.32 Å². The van der Waals surface area contributed by atoms with E-state index in [-0.39, 0.29) is 0 Å². The van der Waals surface area contributed by atoms with E-state index in [1.807, 2.05) is 18.2 Å². The Morgan fingerprint density at radius 3 is 2.77 bits per heavy atom. The van der Waals surface area contributed by atoms with E-state index >= 15 is 0 Å². The molecule has 0 radical (unpaired) electrons. The summed E-state index contributed by atoms with van der Waals surface area (Å²) in [5.74, 6) is 1.60. The third kappa shape index (κ3) is 4.66. The van der Waals surface area contributed by atoms with Crippen LogP contribution in [0, 0.1) is 0 Å². The van der Waals surface area contributed by atoms with Gasteiger partial charge in [0.15, 0.2) is 0 Å². The van der Waals surface area contributed by atoms with Crippen molar-refractivity contribution in [3.8, 4) is 5.75 Å². The first-order valence-corrected chi connectivity index (χ1v) is 6.89. The molecular weight excluding hydrogens is 282 g/mol. The van der Waals surface area contributed by atoms with Gasteiger partial charge in [0.2, 0.25) is 0 Å². The molecule has 0 aliphatic rings. The van der Waals surface area contributed by atoms with Gasteiger partial charge in [0.25, 0.3) is 0 Å². The Balaban J connectivity index is 1.82. The maximum atomic E-state index is 11.1. The molecule has 0 spiro atoms. The Hall–Kier alpha value is -2.76. The summed E-state index contributed by atoms with van der Waals surface area (Å²) < 4.78 is 9.71. The summed E-state index contributed by atoms with van der Waals surface area (Å²) in [5, 5.41) is 5.78. The highest BCUT2D eigenvalue weighted by molar-refractivity contribution is 5.84. The van der Waals surface area contributed by atoms with Gasteiger partial charge in [0, 0.05) is 6.54 Å². The smallest absolute Gasteiger partial charge is 0.411 e. The Labute approximate surface area is 129 Å². The van der Waals surface area contributed by atoms with Crippen molar-refractivity contribution in [2.75, 3.05) is 31.4 Å². The second kappa shape index (κ2) is 7.87. The normalized spacial score (nSPS) is 9.91.